The Kier molecular flexibility index (Phi) is 4.00. The topological polar surface area (TPSA) is 55.6 Å². The Morgan fingerprint density at radius 3 is 2.39 bits per heavy atom. The second-order valence-electron chi connectivity index (χ2n) is 7.99. The molecular weight excluding hydrogens is 348 g/mol. The van der Waals surface area contributed by atoms with Crippen molar-refractivity contribution in [1.82, 2.24) is 4.90 Å². The fourth-order valence-corrected chi connectivity index (χ4v) is 4.56. The lowest BCUT2D eigenvalue weighted by Crippen LogP contribution is -2.52. The molecule has 2 aliphatic heterocycles. The summed E-state index contributed by atoms with van der Waals surface area (Å²) >= 11 is 0. The first-order valence-electron chi connectivity index (χ1n) is 9.97. The fourth-order valence-electron chi connectivity index (χ4n) is 4.56. The molecule has 28 heavy (non-hydrogen) atoms. The molecule has 0 bridgehead atoms. The molecule has 0 aliphatic carbocycles. The molecule has 2 aliphatic rings. The van der Waals surface area contributed by atoms with Gasteiger partial charge in [0.25, 0.3) is 0 Å². The van der Waals surface area contributed by atoms with Crippen LogP contribution in [0.3, 0.4) is 0 Å². The second kappa shape index (κ2) is 6.55. The number of ether oxygens (including phenoxy) is 1. The quantitative estimate of drug-likeness (QED) is 0.670. The predicted octanol–water partition coefficient (Wildman–Crippen LogP) is 4.75. The van der Waals surface area contributed by atoms with E-state index in [0.717, 1.165) is 31.4 Å². The van der Waals surface area contributed by atoms with Gasteiger partial charge in [0, 0.05) is 25.9 Å². The lowest BCUT2D eigenvalue weighted by atomic mass is 9.82. The molecule has 1 saturated heterocycles. The van der Waals surface area contributed by atoms with Crippen LogP contribution in [-0.4, -0.2) is 29.6 Å². The maximum absolute atomic E-state index is 11.4. The SMILES string of the molecule is NC(=O)N1CCC2(CCc3cc(-c4ccc5ccccc5c4)ccc3O2)CC1. The average molecular weight is 372 g/mol. The van der Waals surface area contributed by atoms with E-state index in [0.29, 0.717) is 13.1 Å². The number of hydrogen-bond acceptors (Lipinski definition) is 2. The summed E-state index contributed by atoms with van der Waals surface area (Å²) < 4.78 is 6.47. The molecular formula is C24H24N2O2. The Labute approximate surface area is 164 Å². The number of carbonyl (C=O) groups is 1. The molecule has 3 aromatic rings. The number of nitrogens with zero attached hydrogens (tertiary/aromatic N) is 1. The fraction of sp³-hybridized carbons (Fsp3) is 0.292. The van der Waals surface area contributed by atoms with Crippen LogP contribution >= 0.6 is 0 Å². The van der Waals surface area contributed by atoms with E-state index in [1.54, 1.807) is 4.90 Å². The van der Waals surface area contributed by atoms with Gasteiger partial charge in [0.15, 0.2) is 0 Å². The maximum atomic E-state index is 11.4. The van der Waals surface area contributed by atoms with Crippen LogP contribution in [0.4, 0.5) is 4.79 Å². The van der Waals surface area contributed by atoms with Gasteiger partial charge in [-0.25, -0.2) is 4.79 Å². The van der Waals surface area contributed by atoms with Crippen molar-refractivity contribution < 1.29 is 9.53 Å². The van der Waals surface area contributed by atoms with Crippen LogP contribution in [0.1, 0.15) is 24.8 Å². The third-order valence-electron chi connectivity index (χ3n) is 6.31. The second-order valence-corrected chi connectivity index (χ2v) is 7.99. The Balaban J connectivity index is 1.39. The molecule has 0 radical (unpaired) electrons. The van der Waals surface area contributed by atoms with E-state index in [1.807, 2.05) is 0 Å². The summed E-state index contributed by atoms with van der Waals surface area (Å²) in [5.74, 6) is 0.989. The first-order chi connectivity index (χ1) is 13.6. The summed E-state index contributed by atoms with van der Waals surface area (Å²) in [6.07, 6.45) is 3.70. The average Bonchev–Trinajstić information content (AvgIpc) is 2.73. The summed E-state index contributed by atoms with van der Waals surface area (Å²) in [5, 5.41) is 2.52. The molecule has 4 nitrogen and oxygen atoms in total. The number of benzene rings is 3. The molecule has 2 heterocycles. The Bertz CT molecular complexity index is 1050. The number of hydrogen-bond donors (Lipinski definition) is 1. The normalized spacial score (nSPS) is 17.9. The van der Waals surface area contributed by atoms with Crippen LogP contribution in [0.5, 0.6) is 5.75 Å². The summed E-state index contributed by atoms with van der Waals surface area (Å²) in [6.45, 7) is 1.36. The standard InChI is InChI=1S/C24H24N2O2/c25-23(27)26-13-11-24(12-14-26)10-9-21-16-20(7-8-22(21)28-24)19-6-5-17-3-1-2-4-18(17)15-19/h1-8,15-16H,9-14H2,(H2,25,27). The van der Waals surface area contributed by atoms with Gasteiger partial charge in [-0.05, 0) is 58.5 Å². The molecule has 1 spiro atoms. The molecule has 0 atom stereocenters. The van der Waals surface area contributed by atoms with Crippen LogP contribution in [0.15, 0.2) is 60.7 Å². The van der Waals surface area contributed by atoms with Gasteiger partial charge in [-0.1, -0.05) is 42.5 Å². The molecule has 2 N–H and O–H groups in total. The van der Waals surface area contributed by atoms with Crippen LogP contribution in [0.2, 0.25) is 0 Å². The summed E-state index contributed by atoms with van der Waals surface area (Å²) in [7, 11) is 0. The van der Waals surface area contributed by atoms with Gasteiger partial charge in [0.05, 0.1) is 0 Å². The molecule has 5 rings (SSSR count). The number of amides is 2. The number of primary amides is 1. The zero-order chi connectivity index (χ0) is 19.1. The van der Waals surface area contributed by atoms with Crippen molar-refractivity contribution >= 4 is 16.8 Å². The van der Waals surface area contributed by atoms with E-state index in [-0.39, 0.29) is 11.6 Å². The number of rotatable bonds is 1. The molecule has 4 heteroatoms. The third kappa shape index (κ3) is 2.99. The van der Waals surface area contributed by atoms with Crippen molar-refractivity contribution in [1.29, 1.82) is 0 Å². The first-order valence-corrected chi connectivity index (χ1v) is 9.97. The van der Waals surface area contributed by atoms with Gasteiger partial charge in [0.2, 0.25) is 0 Å². The highest BCUT2D eigenvalue weighted by Gasteiger charge is 2.40. The number of likely N-dealkylation sites (tertiary alicyclic amines) is 1. The highest BCUT2D eigenvalue weighted by Crippen LogP contribution is 2.41. The van der Waals surface area contributed by atoms with Gasteiger partial charge < -0.3 is 15.4 Å². The Morgan fingerprint density at radius 2 is 1.61 bits per heavy atom. The summed E-state index contributed by atoms with van der Waals surface area (Å²) in [6, 6.07) is 21.3. The zero-order valence-corrected chi connectivity index (χ0v) is 15.9. The van der Waals surface area contributed by atoms with Crippen molar-refractivity contribution in [2.75, 3.05) is 13.1 Å². The van der Waals surface area contributed by atoms with Crippen molar-refractivity contribution in [3.8, 4) is 16.9 Å². The highest BCUT2D eigenvalue weighted by molar-refractivity contribution is 5.87. The molecule has 3 aromatic carbocycles. The van der Waals surface area contributed by atoms with Gasteiger partial charge in [-0.15, -0.1) is 0 Å². The Morgan fingerprint density at radius 1 is 0.893 bits per heavy atom. The minimum absolute atomic E-state index is 0.149. The van der Waals surface area contributed by atoms with Crippen LogP contribution in [0.25, 0.3) is 21.9 Å². The van der Waals surface area contributed by atoms with Gasteiger partial charge in [0.1, 0.15) is 11.4 Å². The number of carbonyl (C=O) groups excluding carboxylic acids is 1. The molecule has 0 aromatic heterocycles. The molecule has 0 unspecified atom stereocenters. The lowest BCUT2D eigenvalue weighted by molar-refractivity contribution is -0.00471. The first kappa shape index (κ1) is 17.1. The van der Waals surface area contributed by atoms with Gasteiger partial charge >= 0.3 is 6.03 Å². The zero-order valence-electron chi connectivity index (χ0n) is 15.9. The molecule has 0 saturated carbocycles. The van der Waals surface area contributed by atoms with Crippen molar-refractivity contribution in [2.45, 2.75) is 31.3 Å². The van der Waals surface area contributed by atoms with Crippen molar-refractivity contribution in [2.24, 2.45) is 5.73 Å². The van der Waals surface area contributed by atoms with Crippen LogP contribution < -0.4 is 10.5 Å². The maximum Gasteiger partial charge on any atom is 0.314 e. The van der Waals surface area contributed by atoms with Gasteiger partial charge in [-0.3, -0.25) is 0 Å². The van der Waals surface area contributed by atoms with Gasteiger partial charge in [-0.2, -0.15) is 0 Å². The van der Waals surface area contributed by atoms with E-state index < -0.39 is 0 Å². The lowest BCUT2D eigenvalue weighted by Gasteiger charge is -2.44. The molecule has 1 fully saturated rings. The number of fused-ring (bicyclic) bond motifs is 2. The molecule has 2 amide bonds. The minimum Gasteiger partial charge on any atom is -0.487 e. The third-order valence-corrected chi connectivity index (χ3v) is 6.31. The smallest absolute Gasteiger partial charge is 0.314 e. The molecule has 142 valence electrons. The van der Waals surface area contributed by atoms with Crippen LogP contribution in [-0.2, 0) is 6.42 Å². The summed E-state index contributed by atoms with van der Waals surface area (Å²) in [4.78, 5) is 13.1. The van der Waals surface area contributed by atoms with E-state index in [2.05, 4.69) is 60.7 Å². The van der Waals surface area contributed by atoms with E-state index in [1.165, 1.54) is 27.5 Å². The largest absolute Gasteiger partial charge is 0.487 e. The summed E-state index contributed by atoms with van der Waals surface area (Å²) in [5.41, 5.74) is 9.00. The number of urea groups is 1. The van der Waals surface area contributed by atoms with E-state index in [9.17, 15) is 4.79 Å². The van der Waals surface area contributed by atoms with E-state index in [4.69, 9.17) is 10.5 Å². The number of aryl methyl sites for hydroxylation is 1. The highest BCUT2D eigenvalue weighted by atomic mass is 16.5. The number of nitrogens with two attached hydrogens (primary N) is 1. The Hall–Kier alpha value is -3.01. The van der Waals surface area contributed by atoms with Crippen molar-refractivity contribution in [3.05, 3.63) is 66.2 Å². The van der Waals surface area contributed by atoms with E-state index >= 15 is 0 Å². The van der Waals surface area contributed by atoms with Crippen molar-refractivity contribution in [3.63, 3.8) is 0 Å². The predicted molar refractivity (Wildman–Crippen MR) is 111 cm³/mol. The minimum atomic E-state index is -0.328. The van der Waals surface area contributed by atoms with Crippen LogP contribution in [0, 0.1) is 0 Å². The number of piperidine rings is 1. The monoisotopic (exact) mass is 372 g/mol.